The van der Waals surface area contributed by atoms with Gasteiger partial charge in [-0.1, -0.05) is 6.07 Å². The number of rotatable bonds is 3. The Bertz CT molecular complexity index is 576. The summed E-state index contributed by atoms with van der Waals surface area (Å²) < 4.78 is 1.39. The first-order valence-corrected chi connectivity index (χ1v) is 5.68. The van der Waals surface area contributed by atoms with Crippen LogP contribution in [0.2, 0.25) is 0 Å². The van der Waals surface area contributed by atoms with E-state index in [1.165, 1.54) is 4.68 Å². The lowest BCUT2D eigenvalue weighted by Crippen LogP contribution is -2.48. The molecule has 0 atom stereocenters. The monoisotopic (exact) mass is 245 g/mol. The van der Waals surface area contributed by atoms with Crippen molar-refractivity contribution in [2.75, 3.05) is 0 Å². The molecule has 7 heteroatoms. The number of hydrogen-bond acceptors (Lipinski definition) is 5. The molecular formula is C11H11N5O2. The number of pyridine rings is 1. The number of aliphatic carboxylic acids is 1. The smallest absolute Gasteiger partial charge is 0.331 e. The van der Waals surface area contributed by atoms with Gasteiger partial charge in [-0.15, -0.1) is 5.10 Å². The highest BCUT2D eigenvalue weighted by Gasteiger charge is 2.49. The summed E-state index contributed by atoms with van der Waals surface area (Å²) in [6.07, 6.45) is 3.59. The quantitative estimate of drug-likeness (QED) is 0.855. The fraction of sp³-hybridized carbons (Fsp3) is 0.364. The fourth-order valence-electron chi connectivity index (χ4n) is 2.16. The van der Waals surface area contributed by atoms with Crippen LogP contribution >= 0.6 is 0 Å². The second-order valence-electron chi connectivity index (χ2n) is 4.32. The Balaban J connectivity index is 2.10. The minimum Gasteiger partial charge on any atom is -0.479 e. The van der Waals surface area contributed by atoms with Gasteiger partial charge in [-0.25, -0.2) is 9.48 Å². The summed E-state index contributed by atoms with van der Waals surface area (Å²) in [6, 6.07) is 5.36. The van der Waals surface area contributed by atoms with Crippen molar-refractivity contribution in [2.45, 2.75) is 24.8 Å². The van der Waals surface area contributed by atoms with E-state index in [9.17, 15) is 9.90 Å². The molecule has 7 nitrogen and oxygen atoms in total. The summed E-state index contributed by atoms with van der Waals surface area (Å²) in [6.45, 7) is 0. The minimum atomic E-state index is -1.00. The van der Waals surface area contributed by atoms with Gasteiger partial charge in [0, 0.05) is 6.20 Å². The first-order chi connectivity index (χ1) is 8.74. The normalized spacial score (nSPS) is 17.1. The highest BCUT2D eigenvalue weighted by atomic mass is 16.4. The van der Waals surface area contributed by atoms with Crippen LogP contribution in [-0.2, 0) is 10.3 Å². The molecule has 18 heavy (non-hydrogen) atoms. The second-order valence-corrected chi connectivity index (χ2v) is 4.32. The Morgan fingerprint density at radius 2 is 2.22 bits per heavy atom. The van der Waals surface area contributed by atoms with Crippen molar-refractivity contribution >= 4 is 5.97 Å². The highest BCUT2D eigenvalue weighted by molar-refractivity contribution is 5.78. The van der Waals surface area contributed by atoms with Crippen LogP contribution in [0, 0.1) is 0 Å². The lowest BCUT2D eigenvalue weighted by Gasteiger charge is -2.37. The van der Waals surface area contributed by atoms with Crippen LogP contribution in [-0.4, -0.2) is 36.3 Å². The topological polar surface area (TPSA) is 93.8 Å². The summed E-state index contributed by atoms with van der Waals surface area (Å²) in [5.41, 5.74) is -0.425. The van der Waals surface area contributed by atoms with Gasteiger partial charge in [-0.05, 0) is 41.8 Å². The van der Waals surface area contributed by atoms with Crippen LogP contribution in [0.1, 0.15) is 19.3 Å². The van der Waals surface area contributed by atoms with Crippen LogP contribution in [0.5, 0.6) is 0 Å². The number of hydrogen-bond donors (Lipinski definition) is 1. The molecule has 92 valence electrons. The van der Waals surface area contributed by atoms with Crippen molar-refractivity contribution in [3.8, 4) is 11.5 Å². The molecule has 1 saturated carbocycles. The van der Waals surface area contributed by atoms with E-state index in [4.69, 9.17) is 0 Å². The summed E-state index contributed by atoms with van der Waals surface area (Å²) in [4.78, 5) is 15.6. The average Bonchev–Trinajstić information content (AvgIpc) is 2.77. The molecule has 0 amide bonds. The highest BCUT2D eigenvalue weighted by Crippen LogP contribution is 2.40. The molecule has 0 saturated heterocycles. The van der Waals surface area contributed by atoms with Gasteiger partial charge in [-0.2, -0.15) is 0 Å². The first-order valence-electron chi connectivity index (χ1n) is 5.68. The lowest BCUT2D eigenvalue weighted by molar-refractivity contribution is -0.153. The van der Waals surface area contributed by atoms with E-state index in [2.05, 4.69) is 20.5 Å². The molecule has 2 aromatic heterocycles. The maximum Gasteiger partial charge on any atom is 0.331 e. The van der Waals surface area contributed by atoms with Crippen LogP contribution in [0.3, 0.4) is 0 Å². The predicted octanol–water partition coefficient (Wildman–Crippen LogP) is 0.699. The third-order valence-electron chi connectivity index (χ3n) is 3.35. The van der Waals surface area contributed by atoms with E-state index in [0.717, 1.165) is 6.42 Å². The zero-order valence-electron chi connectivity index (χ0n) is 9.52. The van der Waals surface area contributed by atoms with E-state index in [1.807, 2.05) is 6.07 Å². The van der Waals surface area contributed by atoms with Gasteiger partial charge in [0.05, 0.1) is 0 Å². The number of carboxylic acid groups (broad SMARTS) is 1. The molecule has 1 N–H and O–H groups in total. The number of aromatic nitrogens is 5. The van der Waals surface area contributed by atoms with Crippen molar-refractivity contribution < 1.29 is 9.90 Å². The third-order valence-corrected chi connectivity index (χ3v) is 3.35. The molecule has 2 heterocycles. The van der Waals surface area contributed by atoms with E-state index < -0.39 is 11.5 Å². The van der Waals surface area contributed by atoms with Crippen LogP contribution in [0.4, 0.5) is 0 Å². The molecule has 0 bridgehead atoms. The van der Waals surface area contributed by atoms with E-state index in [1.54, 1.807) is 18.3 Å². The molecule has 0 aromatic carbocycles. The van der Waals surface area contributed by atoms with Crippen molar-refractivity contribution in [3.63, 3.8) is 0 Å². The Labute approximate surface area is 102 Å². The summed E-state index contributed by atoms with van der Waals surface area (Å²) in [5.74, 6) is -0.490. The van der Waals surface area contributed by atoms with Gasteiger partial charge < -0.3 is 5.11 Å². The maximum absolute atomic E-state index is 11.4. The fourth-order valence-corrected chi connectivity index (χ4v) is 2.16. The van der Waals surface area contributed by atoms with Crippen molar-refractivity contribution in [2.24, 2.45) is 0 Å². The standard InChI is InChI=1S/C11H11N5O2/c17-10(18)11(5-3-6-11)16-9(13-14-15-16)8-4-1-2-7-12-8/h1-2,4,7H,3,5-6H2,(H,17,18). The first kappa shape index (κ1) is 10.8. The minimum absolute atomic E-state index is 0.401. The largest absolute Gasteiger partial charge is 0.479 e. The van der Waals surface area contributed by atoms with Gasteiger partial charge in [0.1, 0.15) is 5.69 Å². The molecule has 0 spiro atoms. The summed E-state index contributed by atoms with van der Waals surface area (Å²) in [7, 11) is 0. The molecule has 3 rings (SSSR count). The van der Waals surface area contributed by atoms with Crippen molar-refractivity contribution in [1.29, 1.82) is 0 Å². The van der Waals surface area contributed by atoms with Crippen LogP contribution in [0.25, 0.3) is 11.5 Å². The Morgan fingerprint density at radius 1 is 1.39 bits per heavy atom. The average molecular weight is 245 g/mol. The van der Waals surface area contributed by atoms with Gasteiger partial charge in [0.25, 0.3) is 0 Å². The number of tetrazole rings is 1. The Kier molecular flexibility index (Phi) is 2.32. The van der Waals surface area contributed by atoms with E-state index in [-0.39, 0.29) is 0 Å². The zero-order chi connectivity index (χ0) is 12.6. The van der Waals surface area contributed by atoms with Crippen LogP contribution < -0.4 is 0 Å². The molecule has 0 aliphatic heterocycles. The van der Waals surface area contributed by atoms with E-state index >= 15 is 0 Å². The van der Waals surface area contributed by atoms with Gasteiger partial charge in [0.2, 0.25) is 5.82 Å². The van der Waals surface area contributed by atoms with Crippen LogP contribution in [0.15, 0.2) is 24.4 Å². The maximum atomic E-state index is 11.4. The summed E-state index contributed by atoms with van der Waals surface area (Å²) in [5, 5.41) is 20.7. The van der Waals surface area contributed by atoms with Crippen molar-refractivity contribution in [3.05, 3.63) is 24.4 Å². The van der Waals surface area contributed by atoms with Crippen molar-refractivity contribution in [1.82, 2.24) is 25.2 Å². The molecule has 0 radical (unpaired) electrons. The second kappa shape index (κ2) is 3.86. The molecule has 1 aliphatic carbocycles. The number of carbonyl (C=O) groups is 1. The molecule has 1 aliphatic rings. The third kappa shape index (κ3) is 1.40. The molecule has 1 fully saturated rings. The van der Waals surface area contributed by atoms with Gasteiger partial charge in [0.15, 0.2) is 5.54 Å². The Hall–Kier alpha value is -2.31. The lowest BCUT2D eigenvalue weighted by atomic mass is 9.77. The van der Waals surface area contributed by atoms with Gasteiger partial charge >= 0.3 is 5.97 Å². The SMILES string of the molecule is O=C(O)C1(n2nnnc2-c2ccccn2)CCC1. The molecular weight excluding hydrogens is 234 g/mol. The van der Waals surface area contributed by atoms with Gasteiger partial charge in [-0.3, -0.25) is 4.98 Å². The number of carboxylic acids is 1. The molecule has 0 unspecified atom stereocenters. The zero-order valence-corrected chi connectivity index (χ0v) is 9.52. The number of nitrogens with zero attached hydrogens (tertiary/aromatic N) is 5. The van der Waals surface area contributed by atoms with E-state index in [0.29, 0.717) is 24.4 Å². The summed E-state index contributed by atoms with van der Waals surface area (Å²) >= 11 is 0. The Morgan fingerprint density at radius 3 is 2.78 bits per heavy atom. The molecule has 2 aromatic rings. The predicted molar refractivity (Wildman–Crippen MR) is 60.5 cm³/mol.